The maximum absolute atomic E-state index is 11.0. The molecule has 1 unspecified atom stereocenters. The zero-order valence-corrected chi connectivity index (χ0v) is 6.54. The molecule has 0 amide bonds. The van der Waals surface area contributed by atoms with Crippen molar-refractivity contribution in [2.45, 2.75) is 12.5 Å². The summed E-state index contributed by atoms with van der Waals surface area (Å²) in [4.78, 5) is 12.8. The standard InChI is InChI=1S/C8H11NO2/c1-3-5-9(2)7-4-6-11-8(7)10/h1,7H,4-6H2,2H3. The molecular weight excluding hydrogens is 142 g/mol. The van der Waals surface area contributed by atoms with Crippen molar-refractivity contribution in [3.8, 4) is 12.3 Å². The highest BCUT2D eigenvalue weighted by atomic mass is 16.5. The van der Waals surface area contributed by atoms with Crippen LogP contribution < -0.4 is 0 Å². The molecule has 11 heavy (non-hydrogen) atoms. The average Bonchev–Trinajstić information content (AvgIpc) is 2.36. The van der Waals surface area contributed by atoms with Crippen molar-refractivity contribution in [2.75, 3.05) is 20.2 Å². The van der Waals surface area contributed by atoms with Crippen LogP contribution in [0.5, 0.6) is 0 Å². The lowest BCUT2D eigenvalue weighted by atomic mass is 10.2. The van der Waals surface area contributed by atoms with E-state index in [1.165, 1.54) is 0 Å². The van der Waals surface area contributed by atoms with Crippen LogP contribution >= 0.6 is 0 Å². The lowest BCUT2D eigenvalue weighted by Gasteiger charge is -2.17. The van der Waals surface area contributed by atoms with Crippen LogP contribution in [0.2, 0.25) is 0 Å². The minimum Gasteiger partial charge on any atom is -0.464 e. The Morgan fingerprint density at radius 1 is 1.91 bits per heavy atom. The third-order valence-electron chi connectivity index (χ3n) is 1.78. The zero-order chi connectivity index (χ0) is 8.27. The van der Waals surface area contributed by atoms with Crippen LogP contribution in [0.15, 0.2) is 0 Å². The fraction of sp³-hybridized carbons (Fsp3) is 0.625. The summed E-state index contributed by atoms with van der Waals surface area (Å²) in [6.07, 6.45) is 5.86. The van der Waals surface area contributed by atoms with E-state index in [1.807, 2.05) is 11.9 Å². The lowest BCUT2D eigenvalue weighted by molar-refractivity contribution is -0.141. The third-order valence-corrected chi connectivity index (χ3v) is 1.78. The molecule has 1 saturated heterocycles. The molecule has 1 heterocycles. The molecule has 3 nitrogen and oxygen atoms in total. The van der Waals surface area contributed by atoms with Gasteiger partial charge in [-0.05, 0) is 7.05 Å². The van der Waals surface area contributed by atoms with Crippen molar-refractivity contribution < 1.29 is 9.53 Å². The predicted molar refractivity (Wildman–Crippen MR) is 40.8 cm³/mol. The Bertz CT molecular complexity index is 195. The number of rotatable bonds is 2. The second-order valence-corrected chi connectivity index (χ2v) is 2.59. The molecule has 1 aliphatic heterocycles. The fourth-order valence-corrected chi connectivity index (χ4v) is 1.14. The highest BCUT2D eigenvalue weighted by Crippen LogP contribution is 2.11. The van der Waals surface area contributed by atoms with Crippen LogP contribution in [0.3, 0.4) is 0 Å². The first kappa shape index (κ1) is 8.09. The van der Waals surface area contributed by atoms with E-state index >= 15 is 0 Å². The molecule has 1 aliphatic rings. The van der Waals surface area contributed by atoms with Gasteiger partial charge in [-0.2, -0.15) is 0 Å². The van der Waals surface area contributed by atoms with Gasteiger partial charge in [0.1, 0.15) is 6.04 Å². The van der Waals surface area contributed by atoms with Crippen molar-refractivity contribution in [2.24, 2.45) is 0 Å². The van der Waals surface area contributed by atoms with Crippen LogP contribution in [0.25, 0.3) is 0 Å². The molecule has 1 atom stereocenters. The summed E-state index contributed by atoms with van der Waals surface area (Å²) in [6.45, 7) is 1.03. The molecule has 0 aliphatic carbocycles. The zero-order valence-electron chi connectivity index (χ0n) is 6.54. The summed E-state index contributed by atoms with van der Waals surface area (Å²) in [6, 6.07) is -0.119. The molecule has 1 rings (SSSR count). The Morgan fingerprint density at radius 2 is 2.64 bits per heavy atom. The van der Waals surface area contributed by atoms with E-state index in [9.17, 15) is 4.79 Å². The van der Waals surface area contributed by atoms with E-state index < -0.39 is 0 Å². The van der Waals surface area contributed by atoms with Gasteiger partial charge in [-0.3, -0.25) is 9.69 Å². The quantitative estimate of drug-likeness (QED) is 0.409. The minimum absolute atomic E-state index is 0.119. The molecule has 3 heteroatoms. The first-order valence-electron chi connectivity index (χ1n) is 3.56. The molecule has 0 N–H and O–H groups in total. The van der Waals surface area contributed by atoms with E-state index in [0.29, 0.717) is 13.2 Å². The molecule has 0 bridgehead atoms. The third kappa shape index (κ3) is 1.72. The fourth-order valence-electron chi connectivity index (χ4n) is 1.14. The number of esters is 1. The van der Waals surface area contributed by atoms with Gasteiger partial charge in [0.25, 0.3) is 0 Å². The first-order valence-corrected chi connectivity index (χ1v) is 3.56. The maximum Gasteiger partial charge on any atom is 0.323 e. The van der Waals surface area contributed by atoms with Crippen molar-refractivity contribution in [1.29, 1.82) is 0 Å². The van der Waals surface area contributed by atoms with Gasteiger partial charge in [-0.1, -0.05) is 5.92 Å². The van der Waals surface area contributed by atoms with E-state index in [-0.39, 0.29) is 12.0 Å². The minimum atomic E-state index is -0.150. The largest absolute Gasteiger partial charge is 0.464 e. The van der Waals surface area contributed by atoms with Gasteiger partial charge in [-0.15, -0.1) is 6.42 Å². The van der Waals surface area contributed by atoms with Crippen molar-refractivity contribution >= 4 is 5.97 Å². The molecule has 0 spiro atoms. The van der Waals surface area contributed by atoms with Gasteiger partial charge >= 0.3 is 5.97 Å². The molecular formula is C8H11NO2. The number of likely N-dealkylation sites (N-methyl/N-ethyl adjacent to an activating group) is 1. The van der Waals surface area contributed by atoms with Crippen molar-refractivity contribution in [3.05, 3.63) is 0 Å². The Balaban J connectivity index is 2.47. The number of ether oxygens (including phenoxy) is 1. The molecule has 1 fully saturated rings. The van der Waals surface area contributed by atoms with E-state index in [0.717, 1.165) is 6.42 Å². The van der Waals surface area contributed by atoms with Crippen molar-refractivity contribution in [3.63, 3.8) is 0 Å². The lowest BCUT2D eigenvalue weighted by Crippen LogP contribution is -2.35. The van der Waals surface area contributed by atoms with E-state index in [1.54, 1.807) is 0 Å². The summed E-state index contributed by atoms with van der Waals surface area (Å²) in [5, 5.41) is 0. The number of nitrogens with zero attached hydrogens (tertiary/aromatic N) is 1. The van der Waals surface area contributed by atoms with Gasteiger partial charge in [-0.25, -0.2) is 0 Å². The smallest absolute Gasteiger partial charge is 0.323 e. The molecule has 0 saturated carbocycles. The molecule has 0 radical (unpaired) electrons. The monoisotopic (exact) mass is 153 g/mol. The van der Waals surface area contributed by atoms with Gasteiger partial charge in [0.15, 0.2) is 0 Å². The number of terminal acetylenes is 1. The summed E-state index contributed by atoms with van der Waals surface area (Å²) in [5.74, 6) is 2.33. The van der Waals surface area contributed by atoms with Gasteiger partial charge < -0.3 is 4.74 Å². The summed E-state index contributed by atoms with van der Waals surface area (Å²) < 4.78 is 4.78. The molecule has 0 aromatic carbocycles. The second kappa shape index (κ2) is 3.40. The van der Waals surface area contributed by atoms with Crippen molar-refractivity contribution in [1.82, 2.24) is 4.90 Å². The van der Waals surface area contributed by atoms with Gasteiger partial charge in [0, 0.05) is 6.42 Å². The first-order chi connectivity index (χ1) is 5.25. The Morgan fingerprint density at radius 3 is 3.09 bits per heavy atom. The second-order valence-electron chi connectivity index (χ2n) is 2.59. The summed E-state index contributed by atoms with van der Waals surface area (Å²) >= 11 is 0. The van der Waals surface area contributed by atoms with E-state index in [4.69, 9.17) is 11.2 Å². The normalized spacial score (nSPS) is 23.4. The number of cyclic esters (lactones) is 1. The molecule has 0 aromatic heterocycles. The summed E-state index contributed by atoms with van der Waals surface area (Å²) in [7, 11) is 1.83. The molecule has 0 aromatic rings. The Labute approximate surface area is 66.3 Å². The maximum atomic E-state index is 11.0. The highest BCUT2D eigenvalue weighted by Gasteiger charge is 2.29. The SMILES string of the molecule is C#CCN(C)C1CCOC1=O. The number of hydrogen-bond acceptors (Lipinski definition) is 3. The number of carbonyl (C=O) groups excluding carboxylic acids is 1. The van der Waals surface area contributed by atoms with Gasteiger partial charge in [0.05, 0.1) is 13.2 Å². The predicted octanol–water partition coefficient (Wildman–Crippen LogP) is -0.133. The van der Waals surface area contributed by atoms with Crippen LogP contribution in [-0.2, 0) is 9.53 Å². The Kier molecular flexibility index (Phi) is 2.50. The van der Waals surface area contributed by atoms with Crippen LogP contribution in [0.4, 0.5) is 0 Å². The average molecular weight is 153 g/mol. The Hall–Kier alpha value is -1.01. The van der Waals surface area contributed by atoms with Crippen LogP contribution in [0.1, 0.15) is 6.42 Å². The van der Waals surface area contributed by atoms with Crippen LogP contribution in [0, 0.1) is 12.3 Å². The van der Waals surface area contributed by atoms with Crippen LogP contribution in [-0.4, -0.2) is 37.1 Å². The number of carbonyl (C=O) groups is 1. The number of hydrogen-bond donors (Lipinski definition) is 0. The summed E-state index contributed by atoms with van der Waals surface area (Å²) in [5.41, 5.74) is 0. The molecule has 60 valence electrons. The van der Waals surface area contributed by atoms with Gasteiger partial charge in [0.2, 0.25) is 0 Å². The topological polar surface area (TPSA) is 29.5 Å². The highest BCUT2D eigenvalue weighted by molar-refractivity contribution is 5.77. The van der Waals surface area contributed by atoms with E-state index in [2.05, 4.69) is 5.92 Å².